The second-order valence-electron chi connectivity index (χ2n) is 7.04. The fourth-order valence-electron chi connectivity index (χ4n) is 2.72. The lowest BCUT2D eigenvalue weighted by molar-refractivity contribution is 0.0543. The predicted octanol–water partition coefficient (Wildman–Crippen LogP) is 3.70. The molecular formula is C19H22N4O2. The molecule has 6 nitrogen and oxygen atoms in total. The van der Waals surface area contributed by atoms with Gasteiger partial charge in [0, 0.05) is 29.9 Å². The first-order chi connectivity index (χ1) is 11.7. The number of fused-ring (bicyclic) bond motifs is 1. The molecule has 0 amide bonds. The van der Waals surface area contributed by atoms with E-state index in [4.69, 9.17) is 10.5 Å². The lowest BCUT2D eigenvalue weighted by atomic mass is 10.0. The van der Waals surface area contributed by atoms with Crippen LogP contribution >= 0.6 is 0 Å². The number of pyridine rings is 2. The van der Waals surface area contributed by atoms with Crippen molar-refractivity contribution in [1.82, 2.24) is 14.5 Å². The highest BCUT2D eigenvalue weighted by atomic mass is 16.6. The van der Waals surface area contributed by atoms with Crippen LogP contribution in [0.25, 0.3) is 11.0 Å². The highest BCUT2D eigenvalue weighted by molar-refractivity contribution is 5.89. The largest absolute Gasteiger partial charge is 0.443 e. The van der Waals surface area contributed by atoms with Gasteiger partial charge in [-0.2, -0.15) is 0 Å². The van der Waals surface area contributed by atoms with Crippen molar-refractivity contribution in [3.8, 4) is 0 Å². The first-order valence-corrected chi connectivity index (χ1v) is 8.15. The Morgan fingerprint density at radius 1 is 1.24 bits per heavy atom. The Morgan fingerprint density at radius 3 is 2.68 bits per heavy atom. The number of nitrogens with zero attached hydrogens (tertiary/aromatic N) is 3. The van der Waals surface area contributed by atoms with Gasteiger partial charge in [-0.15, -0.1) is 0 Å². The van der Waals surface area contributed by atoms with Gasteiger partial charge in [0.15, 0.2) is 0 Å². The van der Waals surface area contributed by atoms with Crippen LogP contribution in [0.5, 0.6) is 0 Å². The summed E-state index contributed by atoms with van der Waals surface area (Å²) in [6, 6.07) is 7.57. The first-order valence-electron chi connectivity index (χ1n) is 8.15. The Bertz CT molecular complexity index is 938. The molecule has 6 heteroatoms. The zero-order valence-corrected chi connectivity index (χ0v) is 14.9. The molecule has 0 aromatic carbocycles. The van der Waals surface area contributed by atoms with Gasteiger partial charge in [-0.25, -0.2) is 19.3 Å². The molecule has 0 saturated carbocycles. The SMILES string of the molecule is Cc1nc(N)ccc1Cc1cn(C(=O)OC(C)(C)C)c2ncccc12. The number of nitrogen functional groups attached to an aromatic ring is 1. The van der Waals surface area contributed by atoms with Gasteiger partial charge >= 0.3 is 6.09 Å². The van der Waals surface area contributed by atoms with E-state index in [1.54, 1.807) is 18.5 Å². The third-order valence-electron chi connectivity index (χ3n) is 3.83. The number of anilines is 1. The highest BCUT2D eigenvalue weighted by Crippen LogP contribution is 2.24. The Morgan fingerprint density at radius 2 is 2.00 bits per heavy atom. The van der Waals surface area contributed by atoms with Gasteiger partial charge in [0.1, 0.15) is 17.1 Å². The Balaban J connectivity index is 2.03. The zero-order chi connectivity index (χ0) is 18.2. The molecule has 0 spiro atoms. The van der Waals surface area contributed by atoms with Gasteiger partial charge in [-0.1, -0.05) is 6.07 Å². The van der Waals surface area contributed by atoms with Crippen LogP contribution in [-0.2, 0) is 11.2 Å². The predicted molar refractivity (Wildman–Crippen MR) is 97.6 cm³/mol. The van der Waals surface area contributed by atoms with E-state index in [0.717, 1.165) is 22.2 Å². The van der Waals surface area contributed by atoms with Crippen LogP contribution in [0.4, 0.5) is 10.6 Å². The van der Waals surface area contributed by atoms with Crippen LogP contribution in [0.15, 0.2) is 36.7 Å². The van der Waals surface area contributed by atoms with Crippen LogP contribution in [0.3, 0.4) is 0 Å². The van der Waals surface area contributed by atoms with Crippen molar-refractivity contribution in [1.29, 1.82) is 0 Å². The van der Waals surface area contributed by atoms with Crippen molar-refractivity contribution in [3.05, 3.63) is 53.5 Å². The standard InChI is InChI=1S/C19H22N4O2/c1-12-13(7-8-16(20)22-12)10-14-11-23(18(24)25-19(2,3)4)17-15(14)6-5-9-21-17/h5-9,11H,10H2,1-4H3,(H2,20,22). The second-order valence-corrected chi connectivity index (χ2v) is 7.04. The number of carbonyl (C=O) groups is 1. The average Bonchev–Trinajstić information content (AvgIpc) is 2.87. The molecule has 3 aromatic rings. The minimum absolute atomic E-state index is 0.436. The maximum atomic E-state index is 12.5. The fraction of sp³-hybridized carbons (Fsp3) is 0.316. The smallest absolute Gasteiger partial charge is 0.420 e. The first kappa shape index (κ1) is 17.0. The van der Waals surface area contributed by atoms with Crippen LogP contribution in [0, 0.1) is 6.92 Å². The summed E-state index contributed by atoms with van der Waals surface area (Å²) in [7, 11) is 0. The van der Waals surface area contributed by atoms with E-state index in [0.29, 0.717) is 17.9 Å². The highest BCUT2D eigenvalue weighted by Gasteiger charge is 2.21. The summed E-state index contributed by atoms with van der Waals surface area (Å²) in [5.74, 6) is 0.499. The van der Waals surface area contributed by atoms with Crippen molar-refractivity contribution in [2.24, 2.45) is 0 Å². The molecule has 0 radical (unpaired) electrons. The molecule has 0 saturated heterocycles. The quantitative estimate of drug-likeness (QED) is 0.770. The number of hydrogen-bond acceptors (Lipinski definition) is 5. The summed E-state index contributed by atoms with van der Waals surface area (Å²) >= 11 is 0. The number of hydrogen-bond donors (Lipinski definition) is 1. The van der Waals surface area contributed by atoms with E-state index in [9.17, 15) is 4.79 Å². The van der Waals surface area contributed by atoms with Crippen LogP contribution in [0.2, 0.25) is 0 Å². The molecule has 0 fully saturated rings. The van der Waals surface area contributed by atoms with Crippen LogP contribution in [-0.4, -0.2) is 26.2 Å². The lowest BCUT2D eigenvalue weighted by Gasteiger charge is -2.19. The summed E-state index contributed by atoms with van der Waals surface area (Å²) < 4.78 is 6.96. The molecule has 2 N–H and O–H groups in total. The molecule has 0 aliphatic carbocycles. The van der Waals surface area contributed by atoms with Crippen molar-refractivity contribution in [2.45, 2.75) is 39.7 Å². The summed E-state index contributed by atoms with van der Waals surface area (Å²) in [5.41, 5.74) is 8.67. The molecule has 3 heterocycles. The summed E-state index contributed by atoms with van der Waals surface area (Å²) in [5, 5.41) is 0.921. The molecule has 130 valence electrons. The van der Waals surface area contributed by atoms with Crippen LogP contribution < -0.4 is 5.73 Å². The van der Waals surface area contributed by atoms with Gasteiger partial charge < -0.3 is 10.5 Å². The van der Waals surface area contributed by atoms with Gasteiger partial charge in [0.05, 0.1) is 0 Å². The van der Waals surface area contributed by atoms with Gasteiger partial charge in [0.25, 0.3) is 0 Å². The summed E-state index contributed by atoms with van der Waals surface area (Å²) in [6.07, 6.45) is 3.66. The van der Waals surface area contributed by atoms with Gasteiger partial charge in [-0.3, -0.25) is 0 Å². The maximum absolute atomic E-state index is 12.5. The van der Waals surface area contributed by atoms with E-state index >= 15 is 0 Å². The molecular weight excluding hydrogens is 316 g/mol. The molecule has 0 unspecified atom stereocenters. The monoisotopic (exact) mass is 338 g/mol. The van der Waals surface area contributed by atoms with E-state index in [2.05, 4.69) is 9.97 Å². The third kappa shape index (κ3) is 3.63. The van der Waals surface area contributed by atoms with E-state index < -0.39 is 11.7 Å². The summed E-state index contributed by atoms with van der Waals surface area (Å²) in [6.45, 7) is 7.45. The number of rotatable bonds is 2. The molecule has 0 aliphatic rings. The van der Waals surface area contributed by atoms with Crippen molar-refractivity contribution < 1.29 is 9.53 Å². The van der Waals surface area contributed by atoms with Gasteiger partial charge in [-0.05, 0) is 57.0 Å². The molecule has 3 rings (SSSR count). The molecule has 3 aromatic heterocycles. The molecule has 0 bridgehead atoms. The van der Waals surface area contributed by atoms with E-state index in [1.807, 2.05) is 45.9 Å². The fourth-order valence-corrected chi connectivity index (χ4v) is 2.72. The Kier molecular flexibility index (Phi) is 4.20. The van der Waals surface area contributed by atoms with E-state index in [-0.39, 0.29) is 0 Å². The minimum atomic E-state index is -0.569. The molecule has 0 aliphatic heterocycles. The lowest BCUT2D eigenvalue weighted by Crippen LogP contribution is -2.26. The Labute approximate surface area is 146 Å². The maximum Gasteiger partial charge on any atom is 0.420 e. The topological polar surface area (TPSA) is 83.0 Å². The molecule has 25 heavy (non-hydrogen) atoms. The van der Waals surface area contributed by atoms with E-state index in [1.165, 1.54) is 4.57 Å². The minimum Gasteiger partial charge on any atom is -0.443 e. The normalized spacial score (nSPS) is 11.7. The number of aryl methyl sites for hydroxylation is 1. The molecule has 0 atom stereocenters. The van der Waals surface area contributed by atoms with Crippen molar-refractivity contribution in [3.63, 3.8) is 0 Å². The second kappa shape index (κ2) is 6.20. The Hall–Kier alpha value is -2.89. The number of carbonyl (C=O) groups excluding carboxylic acids is 1. The zero-order valence-electron chi connectivity index (χ0n) is 14.9. The van der Waals surface area contributed by atoms with Crippen LogP contribution in [0.1, 0.15) is 37.6 Å². The van der Waals surface area contributed by atoms with Crippen molar-refractivity contribution >= 4 is 22.9 Å². The number of nitrogens with two attached hydrogens (primary N) is 1. The third-order valence-corrected chi connectivity index (χ3v) is 3.83. The number of ether oxygens (including phenoxy) is 1. The average molecular weight is 338 g/mol. The van der Waals surface area contributed by atoms with Gasteiger partial charge in [0.2, 0.25) is 0 Å². The summed E-state index contributed by atoms with van der Waals surface area (Å²) in [4.78, 5) is 21.2. The number of aromatic nitrogens is 3. The van der Waals surface area contributed by atoms with Crippen molar-refractivity contribution in [2.75, 3.05) is 5.73 Å².